The Hall–Kier alpha value is -1.92. The first-order chi connectivity index (χ1) is 14.9. The van der Waals surface area contributed by atoms with Crippen molar-refractivity contribution in [3.8, 4) is 0 Å². The molecule has 1 fully saturated rings. The lowest BCUT2D eigenvalue weighted by Gasteiger charge is -2.21. The van der Waals surface area contributed by atoms with Crippen molar-refractivity contribution in [1.82, 2.24) is 14.5 Å². The molecular formula is C19H19ClN4O4S3. The maximum absolute atomic E-state index is 12.9. The molecule has 1 unspecified atom stereocenters. The van der Waals surface area contributed by atoms with Crippen LogP contribution in [0.5, 0.6) is 0 Å². The van der Waals surface area contributed by atoms with Gasteiger partial charge in [-0.15, -0.1) is 28.2 Å². The summed E-state index contributed by atoms with van der Waals surface area (Å²) in [6.07, 6.45) is 3.43. The van der Waals surface area contributed by atoms with Gasteiger partial charge in [-0.1, -0.05) is 28.8 Å². The molecule has 0 spiro atoms. The molecule has 1 aromatic carbocycles. The van der Waals surface area contributed by atoms with E-state index in [1.807, 2.05) is 30.5 Å². The van der Waals surface area contributed by atoms with Gasteiger partial charge in [-0.25, -0.2) is 8.42 Å². The van der Waals surface area contributed by atoms with Crippen LogP contribution in [0, 0.1) is 0 Å². The fraction of sp³-hybridized carbons (Fsp3) is 0.316. The van der Waals surface area contributed by atoms with Crippen molar-refractivity contribution in [1.29, 1.82) is 0 Å². The molecule has 0 radical (unpaired) electrons. The molecule has 0 saturated carbocycles. The molecular weight excluding hydrogens is 480 g/mol. The number of amides is 1. The van der Waals surface area contributed by atoms with E-state index in [1.165, 1.54) is 16.4 Å². The Morgan fingerprint density at radius 3 is 2.74 bits per heavy atom. The Kier molecular flexibility index (Phi) is 6.68. The predicted molar refractivity (Wildman–Crippen MR) is 120 cm³/mol. The SMILES string of the molecule is CSc1ccc(Cc2nnc(NC(=O)C3CCCN3S(=O)(=O)c3ccc(Cl)s3)o2)cc1. The highest BCUT2D eigenvalue weighted by atomic mass is 35.5. The van der Waals surface area contributed by atoms with E-state index in [1.54, 1.807) is 11.8 Å². The Balaban J connectivity index is 1.43. The zero-order valence-electron chi connectivity index (χ0n) is 16.4. The van der Waals surface area contributed by atoms with Crippen LogP contribution < -0.4 is 5.32 Å². The molecule has 31 heavy (non-hydrogen) atoms. The highest BCUT2D eigenvalue weighted by Gasteiger charge is 2.40. The average Bonchev–Trinajstić information content (AvgIpc) is 3.50. The third-order valence-electron chi connectivity index (χ3n) is 4.83. The van der Waals surface area contributed by atoms with Gasteiger partial charge in [-0.2, -0.15) is 4.31 Å². The first kappa shape index (κ1) is 22.3. The number of hydrogen-bond donors (Lipinski definition) is 1. The zero-order valence-corrected chi connectivity index (χ0v) is 19.7. The van der Waals surface area contributed by atoms with E-state index in [0.29, 0.717) is 29.5 Å². The van der Waals surface area contributed by atoms with Crippen LogP contribution in [0.4, 0.5) is 6.01 Å². The first-order valence-corrected chi connectivity index (χ1v) is 13.3. The molecule has 2 aromatic heterocycles. The number of nitrogens with one attached hydrogen (secondary N) is 1. The predicted octanol–water partition coefficient (Wildman–Crippen LogP) is 3.89. The smallest absolute Gasteiger partial charge is 0.322 e. The van der Waals surface area contributed by atoms with E-state index in [-0.39, 0.29) is 16.8 Å². The molecule has 3 aromatic rings. The summed E-state index contributed by atoms with van der Waals surface area (Å²) in [6.45, 7) is 0.261. The van der Waals surface area contributed by atoms with E-state index in [4.69, 9.17) is 16.0 Å². The molecule has 1 aliphatic heterocycles. The van der Waals surface area contributed by atoms with Gasteiger partial charge >= 0.3 is 6.01 Å². The van der Waals surface area contributed by atoms with Gasteiger partial charge in [-0.05, 0) is 48.9 Å². The van der Waals surface area contributed by atoms with Crippen molar-refractivity contribution in [3.63, 3.8) is 0 Å². The van der Waals surface area contributed by atoms with Crippen molar-refractivity contribution < 1.29 is 17.6 Å². The fourth-order valence-corrected chi connectivity index (χ4v) is 7.00. The number of halogens is 1. The summed E-state index contributed by atoms with van der Waals surface area (Å²) in [5.74, 6) is -0.139. The van der Waals surface area contributed by atoms with Gasteiger partial charge in [0.05, 0.1) is 10.8 Å². The van der Waals surface area contributed by atoms with E-state index in [2.05, 4.69) is 15.5 Å². The third-order valence-corrected chi connectivity index (χ3v) is 9.18. The Bertz CT molecular complexity index is 1180. The largest absolute Gasteiger partial charge is 0.407 e. The third kappa shape index (κ3) is 4.96. The van der Waals surface area contributed by atoms with Crippen LogP contribution in [0.15, 0.2) is 49.9 Å². The van der Waals surface area contributed by atoms with Crippen LogP contribution in [-0.4, -0.2) is 47.7 Å². The quantitative estimate of drug-likeness (QED) is 0.492. The van der Waals surface area contributed by atoms with Crippen LogP contribution in [-0.2, 0) is 21.2 Å². The van der Waals surface area contributed by atoms with Crippen LogP contribution in [0.25, 0.3) is 0 Å². The molecule has 164 valence electrons. The zero-order chi connectivity index (χ0) is 22.0. The molecule has 1 atom stereocenters. The van der Waals surface area contributed by atoms with Gasteiger partial charge in [0.15, 0.2) is 0 Å². The molecule has 0 aliphatic carbocycles. The van der Waals surface area contributed by atoms with Crippen LogP contribution in [0.3, 0.4) is 0 Å². The van der Waals surface area contributed by atoms with Crippen molar-refractivity contribution in [2.24, 2.45) is 0 Å². The standard InChI is InChI=1S/C19H19ClN4O4S3/c1-29-13-6-4-12(5-7-13)11-16-22-23-19(28-16)21-18(25)14-3-2-10-24(14)31(26,27)17-9-8-15(20)30-17/h4-9,14H,2-3,10-11H2,1H3,(H,21,23,25). The summed E-state index contributed by atoms with van der Waals surface area (Å²) in [6, 6.07) is 10.1. The summed E-state index contributed by atoms with van der Waals surface area (Å²) < 4.78 is 33.1. The van der Waals surface area contributed by atoms with Crippen LogP contribution in [0.1, 0.15) is 24.3 Å². The maximum atomic E-state index is 12.9. The fourth-order valence-electron chi connectivity index (χ4n) is 3.32. The average molecular weight is 499 g/mol. The highest BCUT2D eigenvalue weighted by molar-refractivity contribution is 7.98. The summed E-state index contributed by atoms with van der Waals surface area (Å²) in [4.78, 5) is 13.9. The van der Waals surface area contributed by atoms with Crippen molar-refractivity contribution in [2.45, 2.75) is 34.4 Å². The Morgan fingerprint density at radius 1 is 1.29 bits per heavy atom. The van der Waals surface area contributed by atoms with Gasteiger partial charge < -0.3 is 4.42 Å². The second-order valence-electron chi connectivity index (χ2n) is 6.85. The van der Waals surface area contributed by atoms with Crippen LogP contribution in [0.2, 0.25) is 4.34 Å². The molecule has 1 saturated heterocycles. The number of carbonyl (C=O) groups is 1. The Labute approximate surface area is 193 Å². The second-order valence-corrected chi connectivity index (χ2v) is 11.6. The highest BCUT2D eigenvalue weighted by Crippen LogP contribution is 2.32. The molecule has 3 heterocycles. The van der Waals surface area contributed by atoms with E-state index in [9.17, 15) is 13.2 Å². The summed E-state index contributed by atoms with van der Waals surface area (Å²) in [5, 5.41) is 10.4. The topological polar surface area (TPSA) is 105 Å². The summed E-state index contributed by atoms with van der Waals surface area (Å²) in [5.41, 5.74) is 1.00. The first-order valence-electron chi connectivity index (χ1n) is 9.40. The van der Waals surface area contributed by atoms with Crippen molar-refractivity contribution >= 4 is 56.6 Å². The molecule has 0 bridgehead atoms. The number of sulfonamides is 1. The molecule has 1 aliphatic rings. The normalized spacial score (nSPS) is 17.2. The van der Waals surface area contributed by atoms with Gasteiger partial charge in [0.2, 0.25) is 11.8 Å². The summed E-state index contributed by atoms with van der Waals surface area (Å²) >= 11 is 8.51. The summed E-state index contributed by atoms with van der Waals surface area (Å²) in [7, 11) is -3.81. The van der Waals surface area contributed by atoms with E-state index < -0.39 is 22.0 Å². The van der Waals surface area contributed by atoms with Crippen molar-refractivity contribution in [3.05, 3.63) is 52.2 Å². The molecule has 1 N–H and O–H groups in total. The molecule has 1 amide bonds. The number of benzene rings is 1. The van der Waals surface area contributed by atoms with Gasteiger partial charge in [0, 0.05) is 11.4 Å². The number of anilines is 1. The van der Waals surface area contributed by atoms with Crippen LogP contribution >= 0.6 is 34.7 Å². The number of aromatic nitrogens is 2. The van der Waals surface area contributed by atoms with E-state index in [0.717, 1.165) is 21.8 Å². The molecule has 4 rings (SSSR count). The van der Waals surface area contributed by atoms with Gasteiger partial charge in [0.25, 0.3) is 10.0 Å². The lowest BCUT2D eigenvalue weighted by molar-refractivity contribution is -0.119. The number of nitrogens with zero attached hydrogens (tertiary/aromatic N) is 3. The minimum atomic E-state index is -3.81. The second kappa shape index (κ2) is 9.29. The number of thioether (sulfide) groups is 1. The van der Waals surface area contributed by atoms with Gasteiger partial charge in [-0.3, -0.25) is 10.1 Å². The minimum Gasteiger partial charge on any atom is -0.407 e. The monoisotopic (exact) mass is 498 g/mol. The van der Waals surface area contributed by atoms with E-state index >= 15 is 0 Å². The number of thiophene rings is 1. The Morgan fingerprint density at radius 2 is 2.06 bits per heavy atom. The molecule has 12 heteroatoms. The number of hydrogen-bond acceptors (Lipinski definition) is 8. The minimum absolute atomic E-state index is 0.0517. The van der Waals surface area contributed by atoms with Crippen molar-refractivity contribution in [2.75, 3.05) is 18.1 Å². The molecule has 8 nitrogen and oxygen atoms in total. The van der Waals surface area contributed by atoms with Gasteiger partial charge in [0.1, 0.15) is 10.3 Å². The number of rotatable bonds is 7. The lowest BCUT2D eigenvalue weighted by atomic mass is 10.1. The number of carbonyl (C=O) groups excluding carboxylic acids is 1. The maximum Gasteiger partial charge on any atom is 0.322 e. The lowest BCUT2D eigenvalue weighted by Crippen LogP contribution is -2.42.